The van der Waals surface area contributed by atoms with Crippen molar-refractivity contribution >= 4 is 22.7 Å². The minimum Gasteiger partial charge on any atom is -0.486 e. The topological polar surface area (TPSA) is 82.7 Å². The van der Waals surface area contributed by atoms with Gasteiger partial charge in [-0.15, -0.1) is 0 Å². The van der Waals surface area contributed by atoms with E-state index in [1.54, 1.807) is 25.2 Å². The van der Waals surface area contributed by atoms with Crippen molar-refractivity contribution in [2.45, 2.75) is 6.42 Å². The molecule has 0 saturated carbocycles. The summed E-state index contributed by atoms with van der Waals surface area (Å²) in [5.74, 6) is 0.744. The van der Waals surface area contributed by atoms with Gasteiger partial charge in [-0.3, -0.25) is 9.36 Å². The minimum absolute atomic E-state index is 0.172. The SMILES string of the molecule is Cn1c(=O)oc2cc(NC(=O)Cc3ccc4c(c3)OCCO4)ccc21. The Kier molecular flexibility index (Phi) is 3.68. The van der Waals surface area contributed by atoms with Gasteiger partial charge in [-0.1, -0.05) is 6.07 Å². The van der Waals surface area contributed by atoms with Gasteiger partial charge in [-0.2, -0.15) is 0 Å². The highest BCUT2D eigenvalue weighted by Gasteiger charge is 2.14. The summed E-state index contributed by atoms with van der Waals surface area (Å²) >= 11 is 0. The summed E-state index contributed by atoms with van der Waals surface area (Å²) in [6, 6.07) is 10.6. The van der Waals surface area contributed by atoms with Crippen molar-refractivity contribution in [2.75, 3.05) is 18.5 Å². The fraction of sp³-hybridized carbons (Fsp3) is 0.222. The molecule has 2 heterocycles. The molecule has 0 radical (unpaired) electrons. The number of anilines is 1. The molecule has 1 aliphatic rings. The van der Waals surface area contributed by atoms with E-state index in [1.807, 2.05) is 18.2 Å². The Bertz CT molecular complexity index is 1020. The van der Waals surface area contributed by atoms with Gasteiger partial charge in [-0.05, 0) is 29.8 Å². The second kappa shape index (κ2) is 6.01. The number of nitrogens with one attached hydrogen (secondary N) is 1. The zero-order chi connectivity index (χ0) is 17.4. The molecule has 0 fully saturated rings. The average molecular weight is 340 g/mol. The number of carbonyl (C=O) groups excluding carboxylic acids is 1. The summed E-state index contributed by atoms with van der Waals surface area (Å²) in [5.41, 5.74) is 2.51. The fourth-order valence-corrected chi connectivity index (χ4v) is 2.80. The Balaban J connectivity index is 1.49. The molecule has 0 bridgehead atoms. The number of amides is 1. The molecule has 0 unspecified atom stereocenters. The van der Waals surface area contributed by atoms with Gasteiger partial charge in [-0.25, -0.2) is 4.79 Å². The molecule has 1 amide bonds. The second-order valence-electron chi connectivity index (χ2n) is 5.81. The molecule has 0 atom stereocenters. The molecule has 1 aromatic heterocycles. The largest absolute Gasteiger partial charge is 0.486 e. The Morgan fingerprint density at radius 2 is 1.92 bits per heavy atom. The minimum atomic E-state index is -0.435. The van der Waals surface area contributed by atoms with Crippen molar-refractivity contribution in [1.29, 1.82) is 0 Å². The van der Waals surface area contributed by atoms with Crippen LogP contribution in [0.2, 0.25) is 0 Å². The van der Waals surface area contributed by atoms with E-state index in [2.05, 4.69) is 5.32 Å². The van der Waals surface area contributed by atoms with Crippen LogP contribution >= 0.6 is 0 Å². The van der Waals surface area contributed by atoms with Gasteiger partial charge >= 0.3 is 5.76 Å². The first-order valence-corrected chi connectivity index (χ1v) is 7.88. The van der Waals surface area contributed by atoms with Crippen LogP contribution in [0.1, 0.15) is 5.56 Å². The van der Waals surface area contributed by atoms with E-state index in [1.165, 1.54) is 4.57 Å². The maximum absolute atomic E-state index is 12.3. The third kappa shape index (κ3) is 2.96. The number of aryl methyl sites for hydroxylation is 1. The lowest BCUT2D eigenvalue weighted by Gasteiger charge is -2.18. The predicted octanol–water partition coefficient (Wildman–Crippen LogP) is 2.08. The van der Waals surface area contributed by atoms with Crippen molar-refractivity contribution in [1.82, 2.24) is 4.57 Å². The summed E-state index contributed by atoms with van der Waals surface area (Å²) in [6.45, 7) is 1.04. The van der Waals surface area contributed by atoms with Crippen molar-refractivity contribution in [3.05, 3.63) is 52.5 Å². The molecular formula is C18H16N2O5. The van der Waals surface area contributed by atoms with Gasteiger partial charge in [0.05, 0.1) is 11.9 Å². The second-order valence-corrected chi connectivity index (χ2v) is 5.81. The van der Waals surface area contributed by atoms with Gasteiger partial charge in [0.2, 0.25) is 5.91 Å². The average Bonchev–Trinajstić information content (AvgIpc) is 2.88. The maximum atomic E-state index is 12.3. The first-order valence-electron chi connectivity index (χ1n) is 7.88. The van der Waals surface area contributed by atoms with Crippen LogP contribution in [0.3, 0.4) is 0 Å². The van der Waals surface area contributed by atoms with Crippen LogP contribution in [-0.4, -0.2) is 23.7 Å². The number of nitrogens with zero attached hydrogens (tertiary/aromatic N) is 1. The van der Waals surface area contributed by atoms with Gasteiger partial charge in [0.1, 0.15) is 13.2 Å². The van der Waals surface area contributed by atoms with Crippen LogP contribution in [0.25, 0.3) is 11.1 Å². The van der Waals surface area contributed by atoms with Crippen molar-refractivity contribution in [3.8, 4) is 11.5 Å². The first-order chi connectivity index (χ1) is 12.1. The summed E-state index contributed by atoms with van der Waals surface area (Å²) in [6.07, 6.45) is 0.202. The molecule has 0 saturated heterocycles. The number of aromatic nitrogens is 1. The molecule has 4 rings (SSSR count). The molecular weight excluding hydrogens is 324 g/mol. The quantitative estimate of drug-likeness (QED) is 0.789. The highest BCUT2D eigenvalue weighted by molar-refractivity contribution is 5.94. The first kappa shape index (κ1) is 15.3. The van der Waals surface area contributed by atoms with E-state index >= 15 is 0 Å². The van der Waals surface area contributed by atoms with E-state index in [9.17, 15) is 9.59 Å². The summed E-state index contributed by atoms with van der Waals surface area (Å²) < 4.78 is 17.5. The molecule has 0 aliphatic carbocycles. The molecule has 0 spiro atoms. The van der Waals surface area contributed by atoms with Crippen LogP contribution in [0.15, 0.2) is 45.6 Å². The highest BCUT2D eigenvalue weighted by atomic mass is 16.6. The standard InChI is InChI=1S/C18H16N2O5/c1-20-13-4-3-12(10-15(13)25-18(20)22)19-17(21)9-11-2-5-14-16(8-11)24-7-6-23-14/h2-5,8,10H,6-7,9H2,1H3,(H,19,21). The molecule has 25 heavy (non-hydrogen) atoms. The van der Waals surface area contributed by atoms with Crippen LogP contribution in [0, 0.1) is 0 Å². The normalized spacial score (nSPS) is 13.0. The lowest BCUT2D eigenvalue weighted by Crippen LogP contribution is -2.17. The maximum Gasteiger partial charge on any atom is 0.419 e. The smallest absolute Gasteiger partial charge is 0.419 e. The van der Waals surface area contributed by atoms with Crippen LogP contribution in [-0.2, 0) is 18.3 Å². The highest BCUT2D eigenvalue weighted by Crippen LogP contribution is 2.31. The number of benzene rings is 2. The predicted molar refractivity (Wildman–Crippen MR) is 91.2 cm³/mol. The monoisotopic (exact) mass is 340 g/mol. The Labute approximate surface area is 142 Å². The van der Waals surface area contributed by atoms with Gasteiger partial charge in [0.25, 0.3) is 0 Å². The number of hydrogen-bond donors (Lipinski definition) is 1. The van der Waals surface area contributed by atoms with Crippen LogP contribution in [0.5, 0.6) is 11.5 Å². The van der Waals surface area contributed by atoms with E-state index in [4.69, 9.17) is 13.9 Å². The molecule has 1 N–H and O–H groups in total. The van der Waals surface area contributed by atoms with E-state index in [0.717, 1.165) is 5.56 Å². The lowest BCUT2D eigenvalue weighted by molar-refractivity contribution is -0.115. The molecule has 1 aliphatic heterocycles. The number of fused-ring (bicyclic) bond motifs is 2. The Hall–Kier alpha value is -3.22. The van der Waals surface area contributed by atoms with Crippen LogP contribution in [0.4, 0.5) is 5.69 Å². The third-order valence-corrected chi connectivity index (χ3v) is 4.05. The number of ether oxygens (including phenoxy) is 2. The summed E-state index contributed by atoms with van der Waals surface area (Å²) in [4.78, 5) is 23.8. The van der Waals surface area contributed by atoms with Crippen LogP contribution < -0.4 is 20.5 Å². The van der Waals surface area contributed by atoms with E-state index < -0.39 is 5.76 Å². The molecule has 128 valence electrons. The molecule has 2 aromatic carbocycles. The van der Waals surface area contributed by atoms with Gasteiger partial charge < -0.3 is 19.2 Å². The molecule has 7 heteroatoms. The van der Waals surface area contributed by atoms with E-state index in [0.29, 0.717) is 41.5 Å². The van der Waals surface area contributed by atoms with Gasteiger partial charge in [0.15, 0.2) is 17.1 Å². The van der Waals surface area contributed by atoms with E-state index in [-0.39, 0.29) is 12.3 Å². The fourth-order valence-electron chi connectivity index (χ4n) is 2.80. The van der Waals surface area contributed by atoms with Gasteiger partial charge in [0, 0.05) is 18.8 Å². The number of rotatable bonds is 3. The molecule has 3 aromatic rings. The summed E-state index contributed by atoms with van der Waals surface area (Å²) in [7, 11) is 1.63. The third-order valence-electron chi connectivity index (χ3n) is 4.05. The summed E-state index contributed by atoms with van der Waals surface area (Å²) in [5, 5.41) is 2.81. The number of hydrogen-bond acceptors (Lipinski definition) is 5. The Morgan fingerprint density at radius 3 is 2.76 bits per heavy atom. The van der Waals surface area contributed by atoms with Crippen molar-refractivity contribution in [3.63, 3.8) is 0 Å². The Morgan fingerprint density at radius 1 is 1.12 bits per heavy atom. The van der Waals surface area contributed by atoms with Crippen molar-refractivity contribution < 1.29 is 18.7 Å². The number of oxazole rings is 1. The zero-order valence-corrected chi connectivity index (χ0v) is 13.6. The number of carbonyl (C=O) groups is 1. The lowest BCUT2D eigenvalue weighted by atomic mass is 10.1. The van der Waals surface area contributed by atoms with Crippen molar-refractivity contribution in [2.24, 2.45) is 7.05 Å². The molecule has 7 nitrogen and oxygen atoms in total. The zero-order valence-electron chi connectivity index (χ0n) is 13.6.